The maximum absolute atomic E-state index is 2.59. The fraction of sp³-hybridized carbons (Fsp3) is 0.0141. The van der Waals surface area contributed by atoms with E-state index < -0.39 is 5.41 Å². The normalized spacial score (nSPS) is 13.1. The maximum Gasteiger partial charge on any atom is 0.0726 e. The van der Waals surface area contributed by atoms with E-state index in [9.17, 15) is 0 Å². The van der Waals surface area contributed by atoms with Gasteiger partial charge in [0.25, 0.3) is 0 Å². The van der Waals surface area contributed by atoms with Crippen LogP contribution in [-0.4, -0.2) is 0 Å². The van der Waals surface area contributed by atoms with E-state index in [1.165, 1.54) is 131 Å². The molecule has 72 heavy (non-hydrogen) atoms. The molecule has 0 saturated carbocycles. The predicted molar refractivity (Wildman–Crippen MR) is 305 cm³/mol. The molecule has 2 aliphatic rings. The predicted octanol–water partition coefficient (Wildman–Crippen LogP) is 19.2. The van der Waals surface area contributed by atoms with Gasteiger partial charge in [-0.1, -0.05) is 218 Å². The van der Waals surface area contributed by atoms with Crippen LogP contribution in [-0.2, 0) is 5.41 Å². The van der Waals surface area contributed by atoms with Gasteiger partial charge in [0.15, 0.2) is 0 Å². The molecule has 0 unspecified atom stereocenters. The smallest absolute Gasteiger partial charge is 0.0726 e. The molecule has 14 aromatic carbocycles. The first-order valence-corrected chi connectivity index (χ1v) is 25.2. The van der Waals surface area contributed by atoms with Crippen molar-refractivity contribution in [2.24, 2.45) is 0 Å². The van der Waals surface area contributed by atoms with Crippen molar-refractivity contribution in [3.8, 4) is 33.4 Å². The molecule has 0 atom stereocenters. The zero-order valence-electron chi connectivity index (χ0n) is 39.3. The summed E-state index contributed by atoms with van der Waals surface area (Å²) in [6.45, 7) is 0. The SMILES string of the molecule is c1ccc2c(c1)-c1ccccc1C21c2ccccc2-c2cc(-c3ccc4ccc5ccccc5c4c3)c(N(c3ccc4ccc5ccccc5c4c3)c3ccc4c5ccccc5c5ccccc5c4c3)cc21. The Morgan fingerprint density at radius 2 is 0.611 bits per heavy atom. The third-order valence-electron chi connectivity index (χ3n) is 16.4. The van der Waals surface area contributed by atoms with Gasteiger partial charge in [-0.05, 0) is 168 Å². The Hall–Kier alpha value is -9.30. The highest BCUT2D eigenvalue weighted by molar-refractivity contribution is 6.26. The molecule has 14 aromatic rings. The topological polar surface area (TPSA) is 3.24 Å². The summed E-state index contributed by atoms with van der Waals surface area (Å²) < 4.78 is 0. The first kappa shape index (κ1) is 39.5. The summed E-state index contributed by atoms with van der Waals surface area (Å²) in [6, 6.07) is 98.6. The van der Waals surface area contributed by atoms with Crippen molar-refractivity contribution in [3.63, 3.8) is 0 Å². The first-order chi connectivity index (χ1) is 35.7. The number of fused-ring (bicyclic) bond motifs is 22. The molecular formula is C71H43N. The molecule has 0 fully saturated rings. The van der Waals surface area contributed by atoms with Crippen molar-refractivity contribution in [1.82, 2.24) is 0 Å². The van der Waals surface area contributed by atoms with E-state index in [0.717, 1.165) is 17.1 Å². The van der Waals surface area contributed by atoms with Gasteiger partial charge in [0.05, 0.1) is 11.1 Å². The number of hydrogen-bond acceptors (Lipinski definition) is 1. The van der Waals surface area contributed by atoms with Gasteiger partial charge in [0.1, 0.15) is 0 Å². The highest BCUT2D eigenvalue weighted by Crippen LogP contribution is 2.64. The van der Waals surface area contributed by atoms with Crippen LogP contribution in [0.2, 0.25) is 0 Å². The average molecular weight is 910 g/mol. The highest BCUT2D eigenvalue weighted by atomic mass is 15.1. The third-order valence-corrected chi connectivity index (χ3v) is 16.4. The van der Waals surface area contributed by atoms with Gasteiger partial charge in [-0.15, -0.1) is 0 Å². The Balaban J connectivity index is 1.07. The van der Waals surface area contributed by atoms with E-state index in [2.05, 4.69) is 266 Å². The zero-order chi connectivity index (χ0) is 47.1. The van der Waals surface area contributed by atoms with Gasteiger partial charge in [-0.2, -0.15) is 0 Å². The largest absolute Gasteiger partial charge is 0.310 e. The molecule has 1 heteroatoms. The molecule has 16 rings (SSSR count). The molecule has 332 valence electrons. The standard InChI is InChI=1S/C71H43N/c1-3-17-51-44(15-1)29-31-46-33-34-48(39-61(46)51)63-42-65-60-25-11-14-28-68(60)71(66-26-12-9-23-58(66)59-24-10-13-27-67(59)71)69(65)43-70(63)72(49-36-35-47-32-30-45-16-2-4-18-52(45)62(47)40-49)50-37-38-57-55-21-6-5-19-53(55)54-20-7-8-22-56(54)64(57)41-50/h1-43H. The molecule has 0 aliphatic heterocycles. The van der Waals surface area contributed by atoms with Gasteiger partial charge in [-0.3, -0.25) is 0 Å². The lowest BCUT2D eigenvalue weighted by Crippen LogP contribution is -2.26. The van der Waals surface area contributed by atoms with Crippen LogP contribution in [0, 0.1) is 0 Å². The molecular weight excluding hydrogens is 867 g/mol. The lowest BCUT2D eigenvalue weighted by atomic mass is 9.70. The average Bonchev–Trinajstić information content (AvgIpc) is 3.91. The second-order valence-electron chi connectivity index (χ2n) is 19.9. The first-order valence-electron chi connectivity index (χ1n) is 25.2. The van der Waals surface area contributed by atoms with E-state index in [0.29, 0.717) is 0 Å². The Morgan fingerprint density at radius 3 is 1.18 bits per heavy atom. The van der Waals surface area contributed by atoms with Crippen molar-refractivity contribution >= 4 is 92.5 Å². The van der Waals surface area contributed by atoms with Gasteiger partial charge in [0, 0.05) is 16.9 Å². The number of hydrogen-bond donors (Lipinski definition) is 0. The van der Waals surface area contributed by atoms with Crippen LogP contribution in [0.25, 0.3) is 109 Å². The summed E-state index contributed by atoms with van der Waals surface area (Å²) in [6.07, 6.45) is 0. The van der Waals surface area contributed by atoms with Crippen LogP contribution in [0.3, 0.4) is 0 Å². The van der Waals surface area contributed by atoms with Crippen LogP contribution in [0.1, 0.15) is 22.3 Å². The quantitative estimate of drug-likeness (QED) is 0.159. The van der Waals surface area contributed by atoms with Crippen LogP contribution < -0.4 is 4.90 Å². The zero-order valence-corrected chi connectivity index (χ0v) is 39.3. The minimum absolute atomic E-state index is 0.532. The molecule has 0 aromatic heterocycles. The van der Waals surface area contributed by atoms with Crippen molar-refractivity contribution in [1.29, 1.82) is 0 Å². The van der Waals surface area contributed by atoms with Crippen LogP contribution in [0.15, 0.2) is 261 Å². The summed E-state index contributed by atoms with van der Waals surface area (Å²) in [5.74, 6) is 0. The summed E-state index contributed by atoms with van der Waals surface area (Å²) in [7, 11) is 0. The lowest BCUT2D eigenvalue weighted by molar-refractivity contribution is 0.794. The fourth-order valence-corrected chi connectivity index (χ4v) is 13.3. The van der Waals surface area contributed by atoms with Crippen molar-refractivity contribution in [2.45, 2.75) is 5.41 Å². The second-order valence-corrected chi connectivity index (χ2v) is 19.9. The van der Waals surface area contributed by atoms with Gasteiger partial charge < -0.3 is 4.90 Å². The lowest BCUT2D eigenvalue weighted by Gasteiger charge is -2.33. The molecule has 0 bridgehead atoms. The Bertz CT molecular complexity index is 4570. The Morgan fingerprint density at radius 1 is 0.222 bits per heavy atom. The summed E-state index contributed by atoms with van der Waals surface area (Å²) in [4.78, 5) is 2.58. The summed E-state index contributed by atoms with van der Waals surface area (Å²) >= 11 is 0. The third kappa shape index (κ3) is 5.37. The van der Waals surface area contributed by atoms with Crippen molar-refractivity contribution < 1.29 is 0 Å². The van der Waals surface area contributed by atoms with Crippen molar-refractivity contribution in [3.05, 3.63) is 283 Å². The monoisotopic (exact) mass is 909 g/mol. The number of nitrogens with zero attached hydrogens (tertiary/aromatic N) is 1. The van der Waals surface area contributed by atoms with Crippen LogP contribution in [0.4, 0.5) is 17.1 Å². The minimum Gasteiger partial charge on any atom is -0.310 e. The fourth-order valence-electron chi connectivity index (χ4n) is 13.3. The van der Waals surface area contributed by atoms with E-state index in [4.69, 9.17) is 0 Å². The molecule has 1 spiro atoms. The van der Waals surface area contributed by atoms with E-state index in [1.54, 1.807) is 0 Å². The van der Waals surface area contributed by atoms with Crippen LogP contribution in [0.5, 0.6) is 0 Å². The van der Waals surface area contributed by atoms with E-state index in [-0.39, 0.29) is 0 Å². The highest BCUT2D eigenvalue weighted by Gasteiger charge is 2.52. The van der Waals surface area contributed by atoms with Gasteiger partial charge >= 0.3 is 0 Å². The summed E-state index contributed by atoms with van der Waals surface area (Å²) in [5, 5.41) is 17.5. The number of benzene rings is 14. The van der Waals surface area contributed by atoms with E-state index >= 15 is 0 Å². The molecule has 0 radical (unpaired) electrons. The Kier molecular flexibility index (Phi) is 8.16. The summed E-state index contributed by atoms with van der Waals surface area (Å²) in [5.41, 5.74) is 15.6. The molecule has 2 aliphatic carbocycles. The molecule has 0 amide bonds. The Labute approximate surface area is 417 Å². The molecule has 1 nitrogen and oxygen atoms in total. The molecule has 0 N–H and O–H groups in total. The van der Waals surface area contributed by atoms with Gasteiger partial charge in [-0.25, -0.2) is 0 Å². The van der Waals surface area contributed by atoms with Crippen LogP contribution >= 0.6 is 0 Å². The maximum atomic E-state index is 2.59. The second kappa shape index (κ2) is 14.9. The van der Waals surface area contributed by atoms with Crippen molar-refractivity contribution in [2.75, 3.05) is 4.90 Å². The molecule has 0 saturated heterocycles. The minimum atomic E-state index is -0.532. The number of rotatable bonds is 4. The number of anilines is 3. The van der Waals surface area contributed by atoms with Gasteiger partial charge in [0.2, 0.25) is 0 Å². The van der Waals surface area contributed by atoms with E-state index in [1.807, 2.05) is 0 Å². The molecule has 0 heterocycles.